The fourth-order valence-corrected chi connectivity index (χ4v) is 5.75. The zero-order valence-electron chi connectivity index (χ0n) is 20.3. The minimum Gasteiger partial charge on any atom is -0.454 e. The van der Waals surface area contributed by atoms with Gasteiger partial charge in [0.2, 0.25) is 12.7 Å². The van der Waals surface area contributed by atoms with Crippen molar-refractivity contribution in [2.45, 2.75) is 4.90 Å². The average molecular weight is 540 g/mol. The predicted octanol–water partition coefficient (Wildman–Crippen LogP) is 3.88. The molecule has 1 fully saturated rings. The van der Waals surface area contributed by atoms with Crippen LogP contribution in [0.2, 0.25) is 0 Å². The molecule has 38 heavy (non-hydrogen) atoms. The lowest BCUT2D eigenvalue weighted by atomic mass is 10.1. The Morgan fingerprint density at radius 3 is 2.45 bits per heavy atom. The maximum absolute atomic E-state index is 14.5. The van der Waals surface area contributed by atoms with E-state index in [2.05, 4.69) is 9.97 Å². The fourth-order valence-electron chi connectivity index (χ4n) is 4.77. The molecular weight excluding hydrogens is 516 g/mol. The summed E-state index contributed by atoms with van der Waals surface area (Å²) >= 11 is 0. The first kappa shape index (κ1) is 24.2. The van der Waals surface area contributed by atoms with Gasteiger partial charge in [-0.25, -0.2) is 22.2 Å². The lowest BCUT2D eigenvalue weighted by Gasteiger charge is -2.36. The average Bonchev–Trinajstić information content (AvgIpc) is 3.55. The van der Waals surface area contributed by atoms with Crippen LogP contribution in [0, 0.1) is 11.6 Å². The Bertz CT molecular complexity index is 1620. The van der Waals surface area contributed by atoms with E-state index in [0.717, 1.165) is 23.6 Å². The molecule has 0 aliphatic carbocycles. The molecule has 196 valence electrons. The van der Waals surface area contributed by atoms with Gasteiger partial charge in [-0.2, -0.15) is 0 Å². The normalized spacial score (nSPS) is 15.2. The molecule has 4 heterocycles. The van der Waals surface area contributed by atoms with Crippen molar-refractivity contribution in [3.63, 3.8) is 0 Å². The predicted molar refractivity (Wildman–Crippen MR) is 137 cm³/mol. The summed E-state index contributed by atoms with van der Waals surface area (Å²) in [5.74, 6) is -0.0123. The first-order valence-corrected chi connectivity index (χ1v) is 13.8. The van der Waals surface area contributed by atoms with Gasteiger partial charge in [-0.15, -0.1) is 0 Å². The first-order chi connectivity index (χ1) is 18.3. The summed E-state index contributed by atoms with van der Waals surface area (Å²) in [4.78, 5) is 16.0. The zero-order valence-corrected chi connectivity index (χ0v) is 21.1. The second-order valence-corrected chi connectivity index (χ2v) is 11.0. The fraction of sp³-hybridized carbons (Fsp3) is 0.231. The quantitative estimate of drug-likeness (QED) is 0.382. The van der Waals surface area contributed by atoms with E-state index in [4.69, 9.17) is 14.5 Å². The maximum atomic E-state index is 14.5. The molecule has 0 spiro atoms. The van der Waals surface area contributed by atoms with Crippen molar-refractivity contribution in [2.75, 3.05) is 49.0 Å². The van der Waals surface area contributed by atoms with Gasteiger partial charge in [0.25, 0.3) is 0 Å². The number of pyridine rings is 1. The van der Waals surface area contributed by atoms with Crippen molar-refractivity contribution in [2.24, 2.45) is 0 Å². The molecule has 2 aliphatic rings. The number of piperazine rings is 1. The summed E-state index contributed by atoms with van der Waals surface area (Å²) in [7, 11) is -3.91. The van der Waals surface area contributed by atoms with Crippen LogP contribution in [0.15, 0.2) is 59.6 Å². The number of ether oxygens (including phenoxy) is 2. The van der Waals surface area contributed by atoms with Gasteiger partial charge in [0.05, 0.1) is 17.1 Å². The zero-order chi connectivity index (χ0) is 26.4. The largest absolute Gasteiger partial charge is 0.454 e. The summed E-state index contributed by atoms with van der Waals surface area (Å²) in [5, 5.41) is 0. The Balaban J connectivity index is 1.31. The Hall–Kier alpha value is -4.19. The summed E-state index contributed by atoms with van der Waals surface area (Å²) in [6.45, 7) is 1.72. The number of sulfone groups is 1. The first-order valence-electron chi connectivity index (χ1n) is 11.9. The van der Waals surface area contributed by atoms with E-state index in [1.807, 2.05) is 41.3 Å². The van der Waals surface area contributed by atoms with E-state index < -0.39 is 26.4 Å². The Morgan fingerprint density at radius 2 is 1.71 bits per heavy atom. The topological polar surface area (TPSA) is 101 Å². The van der Waals surface area contributed by atoms with Crippen LogP contribution in [-0.4, -0.2) is 62.6 Å². The number of hydrogen-bond acceptors (Lipinski definition) is 8. The van der Waals surface area contributed by atoms with Gasteiger partial charge in [-0.3, -0.25) is 4.98 Å². The molecule has 9 nitrogen and oxygen atoms in total. The molecule has 1 saturated heterocycles. The lowest BCUT2D eigenvalue weighted by Crippen LogP contribution is -2.47. The summed E-state index contributed by atoms with van der Waals surface area (Å²) in [6.07, 6.45) is 2.62. The van der Waals surface area contributed by atoms with Gasteiger partial charge in [-0.1, -0.05) is 6.07 Å². The van der Waals surface area contributed by atoms with Crippen LogP contribution in [0.4, 0.5) is 20.4 Å². The number of imidazole rings is 1. The standard InChI is InChI=1S/C26H23F2N5O4S/c1-38(34,35)25-18(28)13-17(27)14-20(25)32-8-10-33(11-9-32)26-30-23(24(31-26)19-4-2-3-7-29-19)16-5-6-21-22(12-16)37-15-36-21/h2-7,12-14H,8-11,15H2,1H3,(H,30,31). The highest BCUT2D eigenvalue weighted by molar-refractivity contribution is 7.90. The number of benzene rings is 2. The van der Waals surface area contributed by atoms with Crippen molar-refractivity contribution in [1.29, 1.82) is 0 Å². The highest BCUT2D eigenvalue weighted by Crippen LogP contribution is 2.39. The van der Waals surface area contributed by atoms with Crippen molar-refractivity contribution in [3.05, 3.63) is 66.4 Å². The molecule has 2 aliphatic heterocycles. The van der Waals surface area contributed by atoms with Gasteiger partial charge < -0.3 is 24.3 Å². The number of rotatable bonds is 5. The number of anilines is 2. The number of aromatic amines is 1. The van der Waals surface area contributed by atoms with Crippen LogP contribution in [0.3, 0.4) is 0 Å². The lowest BCUT2D eigenvalue weighted by molar-refractivity contribution is 0.174. The van der Waals surface area contributed by atoms with Crippen molar-refractivity contribution in [1.82, 2.24) is 15.0 Å². The van der Waals surface area contributed by atoms with Gasteiger partial charge in [0, 0.05) is 50.3 Å². The number of fused-ring (bicyclic) bond motifs is 1. The molecule has 2 aromatic heterocycles. The third kappa shape index (κ3) is 4.40. The highest BCUT2D eigenvalue weighted by atomic mass is 32.2. The smallest absolute Gasteiger partial charge is 0.231 e. The van der Waals surface area contributed by atoms with Crippen molar-refractivity contribution < 1.29 is 26.7 Å². The van der Waals surface area contributed by atoms with E-state index in [9.17, 15) is 17.2 Å². The summed E-state index contributed by atoms with van der Waals surface area (Å²) in [5.41, 5.74) is 2.98. The van der Waals surface area contributed by atoms with Crippen molar-refractivity contribution in [3.8, 4) is 34.1 Å². The molecular formula is C26H23F2N5O4S. The molecule has 0 unspecified atom stereocenters. The van der Waals surface area contributed by atoms with Crippen LogP contribution in [-0.2, 0) is 9.84 Å². The van der Waals surface area contributed by atoms with Gasteiger partial charge >= 0.3 is 0 Å². The van der Waals surface area contributed by atoms with Gasteiger partial charge in [0.15, 0.2) is 21.3 Å². The van der Waals surface area contributed by atoms with E-state index in [1.54, 1.807) is 11.1 Å². The molecule has 0 atom stereocenters. The number of aromatic nitrogens is 3. The monoisotopic (exact) mass is 539 g/mol. The Labute approximate surface area is 217 Å². The number of nitrogens with zero attached hydrogens (tertiary/aromatic N) is 4. The number of nitrogens with one attached hydrogen (secondary N) is 1. The SMILES string of the molecule is CS(=O)(=O)c1c(F)cc(F)cc1N1CCN(c2nc(-c3ccc4c(c3)OCO4)c(-c3ccccn3)[nH]2)CC1. The van der Waals surface area contributed by atoms with Crippen LogP contribution in [0.25, 0.3) is 22.6 Å². The molecule has 0 saturated carbocycles. The van der Waals surface area contributed by atoms with E-state index in [1.165, 1.54) is 0 Å². The van der Waals surface area contributed by atoms with Crippen LogP contribution in [0.5, 0.6) is 11.5 Å². The third-order valence-electron chi connectivity index (χ3n) is 6.54. The number of H-pyrrole nitrogens is 1. The molecule has 6 rings (SSSR count). The molecule has 12 heteroatoms. The Morgan fingerprint density at radius 1 is 0.947 bits per heavy atom. The highest BCUT2D eigenvalue weighted by Gasteiger charge is 2.28. The third-order valence-corrected chi connectivity index (χ3v) is 7.68. The van der Waals surface area contributed by atoms with E-state index in [0.29, 0.717) is 61.1 Å². The molecule has 1 N–H and O–H groups in total. The second-order valence-electron chi connectivity index (χ2n) is 9.05. The molecule has 0 amide bonds. The van der Waals surface area contributed by atoms with E-state index in [-0.39, 0.29) is 12.5 Å². The molecule has 2 aromatic carbocycles. The van der Waals surface area contributed by atoms with Crippen LogP contribution >= 0.6 is 0 Å². The van der Waals surface area contributed by atoms with Crippen LogP contribution < -0.4 is 19.3 Å². The maximum Gasteiger partial charge on any atom is 0.231 e. The van der Waals surface area contributed by atoms with E-state index >= 15 is 0 Å². The summed E-state index contributed by atoms with van der Waals surface area (Å²) in [6, 6.07) is 12.9. The second kappa shape index (κ2) is 9.28. The van der Waals surface area contributed by atoms with Gasteiger partial charge in [-0.05, 0) is 36.4 Å². The van der Waals surface area contributed by atoms with Crippen molar-refractivity contribution >= 4 is 21.5 Å². The minimum absolute atomic E-state index is 0.0271. The Kier molecular flexibility index (Phi) is 5.90. The van der Waals surface area contributed by atoms with Crippen LogP contribution in [0.1, 0.15) is 0 Å². The molecule has 0 bridgehead atoms. The minimum atomic E-state index is -3.91. The molecule has 4 aromatic rings. The summed E-state index contributed by atoms with van der Waals surface area (Å²) < 4.78 is 64.0. The molecule has 0 radical (unpaired) electrons. The number of halogens is 2. The van der Waals surface area contributed by atoms with Gasteiger partial charge in [0.1, 0.15) is 22.2 Å². The number of hydrogen-bond donors (Lipinski definition) is 1.